The van der Waals surface area contributed by atoms with Crippen LogP contribution in [0.1, 0.15) is 22.0 Å². The molecule has 4 rings (SSSR count). The summed E-state index contributed by atoms with van der Waals surface area (Å²) in [5.41, 5.74) is 3.19. The number of anilines is 1. The summed E-state index contributed by atoms with van der Waals surface area (Å²) in [6.07, 6.45) is 0.761. The van der Waals surface area contributed by atoms with Crippen LogP contribution in [0.3, 0.4) is 0 Å². The lowest BCUT2D eigenvalue weighted by atomic mass is 10.2. The molecule has 0 bridgehead atoms. The minimum absolute atomic E-state index is 0.102. The Hall–Kier alpha value is -3.16. The van der Waals surface area contributed by atoms with Crippen LogP contribution in [0, 0.1) is 6.92 Å². The molecule has 0 saturated carbocycles. The van der Waals surface area contributed by atoms with Gasteiger partial charge in [0.2, 0.25) is 5.91 Å². The molecule has 0 radical (unpaired) electrons. The molecule has 0 atom stereocenters. The third kappa shape index (κ3) is 4.62. The van der Waals surface area contributed by atoms with Gasteiger partial charge in [-0.25, -0.2) is 9.67 Å². The van der Waals surface area contributed by atoms with Crippen molar-refractivity contribution in [3.05, 3.63) is 97.3 Å². The fourth-order valence-corrected chi connectivity index (χ4v) is 4.43. The van der Waals surface area contributed by atoms with Gasteiger partial charge in [-0.1, -0.05) is 41.9 Å². The second-order valence-electron chi connectivity index (χ2n) is 7.20. The van der Waals surface area contributed by atoms with Gasteiger partial charge < -0.3 is 5.32 Å². The molecule has 0 unspecified atom stereocenters. The Morgan fingerprint density at radius 2 is 1.94 bits per heavy atom. The fraction of sp³-hybridized carbons (Fsp3) is 0.174. The zero-order chi connectivity index (χ0) is 22.0. The molecule has 1 amide bonds. The van der Waals surface area contributed by atoms with Gasteiger partial charge in [0.1, 0.15) is 5.69 Å². The van der Waals surface area contributed by atoms with E-state index in [2.05, 4.69) is 10.3 Å². The van der Waals surface area contributed by atoms with Crippen LogP contribution < -0.4 is 10.9 Å². The van der Waals surface area contributed by atoms with Crippen LogP contribution in [-0.4, -0.2) is 20.3 Å². The van der Waals surface area contributed by atoms with E-state index in [1.807, 2.05) is 66.9 Å². The maximum atomic E-state index is 12.9. The molecular formula is C23H21ClN4O2S. The van der Waals surface area contributed by atoms with Crippen LogP contribution in [0.15, 0.2) is 64.8 Å². The summed E-state index contributed by atoms with van der Waals surface area (Å²) in [4.78, 5) is 30.1. The normalized spacial score (nSPS) is 10.9. The molecule has 6 nitrogen and oxygen atoms in total. The number of amides is 1. The lowest BCUT2D eigenvalue weighted by Gasteiger charge is -2.07. The predicted molar refractivity (Wildman–Crippen MR) is 124 cm³/mol. The van der Waals surface area contributed by atoms with E-state index in [4.69, 9.17) is 11.6 Å². The number of carbonyl (C=O) groups excluding carboxylic acids is 1. The minimum Gasteiger partial charge on any atom is -0.320 e. The molecule has 0 spiro atoms. The Bertz CT molecular complexity index is 1290. The molecule has 31 heavy (non-hydrogen) atoms. The second-order valence-corrected chi connectivity index (χ2v) is 8.58. The van der Waals surface area contributed by atoms with E-state index in [-0.39, 0.29) is 23.6 Å². The number of nitrogens with zero attached hydrogens (tertiary/aromatic N) is 3. The Kier molecular flexibility index (Phi) is 6.06. The van der Waals surface area contributed by atoms with Gasteiger partial charge in [-0.15, -0.1) is 11.3 Å². The van der Waals surface area contributed by atoms with Gasteiger partial charge in [-0.05, 0) is 36.8 Å². The highest BCUT2D eigenvalue weighted by molar-refractivity contribution is 7.09. The molecule has 8 heteroatoms. The number of nitrogens with one attached hydrogen (secondary N) is 1. The van der Waals surface area contributed by atoms with Gasteiger partial charge in [-0.2, -0.15) is 0 Å². The average molecular weight is 453 g/mol. The van der Waals surface area contributed by atoms with Gasteiger partial charge >= 0.3 is 0 Å². The summed E-state index contributed by atoms with van der Waals surface area (Å²) in [5.74, 6) is -0.273. The molecule has 2 heterocycles. The van der Waals surface area contributed by atoms with Crippen LogP contribution in [0.4, 0.5) is 5.69 Å². The minimum atomic E-state index is -0.273. The molecule has 158 valence electrons. The zero-order valence-electron chi connectivity index (χ0n) is 17.1. The van der Waals surface area contributed by atoms with Gasteiger partial charge in [0.15, 0.2) is 0 Å². The van der Waals surface area contributed by atoms with Gasteiger partial charge in [-0.3, -0.25) is 14.3 Å². The Balaban J connectivity index is 1.48. The smallest absolute Gasteiger partial charge is 0.295 e. The molecular weight excluding hydrogens is 432 g/mol. The van der Waals surface area contributed by atoms with Crippen molar-refractivity contribution in [3.63, 3.8) is 0 Å². The van der Waals surface area contributed by atoms with Crippen molar-refractivity contribution in [3.8, 4) is 5.69 Å². The van der Waals surface area contributed by atoms with Crippen molar-refractivity contribution in [2.75, 3.05) is 5.32 Å². The highest BCUT2D eigenvalue weighted by Crippen LogP contribution is 2.19. The van der Waals surface area contributed by atoms with Crippen molar-refractivity contribution >= 4 is 34.5 Å². The highest BCUT2D eigenvalue weighted by atomic mass is 35.5. The molecule has 0 aliphatic carbocycles. The van der Waals surface area contributed by atoms with Gasteiger partial charge in [0.25, 0.3) is 5.56 Å². The number of thiazole rings is 1. The van der Waals surface area contributed by atoms with Crippen molar-refractivity contribution < 1.29 is 4.79 Å². The first-order valence-corrected chi connectivity index (χ1v) is 11.0. The quantitative estimate of drug-likeness (QED) is 0.472. The average Bonchev–Trinajstić information content (AvgIpc) is 3.26. The standard InChI is InChI=1S/C23H21ClN4O2S/c1-15-22(23(30)28(27(15)2)19-9-4-3-5-10-19)26-20(29)13-18-14-31-21(25-18)12-16-7-6-8-17(24)11-16/h3-11,14H,12-13H2,1-2H3,(H,26,29). The second kappa shape index (κ2) is 8.91. The van der Waals surface area contributed by atoms with Crippen molar-refractivity contribution in [2.24, 2.45) is 7.05 Å². The number of para-hydroxylation sites is 1. The third-order valence-corrected chi connectivity index (χ3v) is 6.14. The first-order valence-electron chi connectivity index (χ1n) is 9.74. The zero-order valence-corrected chi connectivity index (χ0v) is 18.7. The first-order chi connectivity index (χ1) is 14.9. The molecule has 0 fully saturated rings. The summed E-state index contributed by atoms with van der Waals surface area (Å²) in [5, 5.41) is 6.25. The lowest BCUT2D eigenvalue weighted by Crippen LogP contribution is -2.23. The van der Waals surface area contributed by atoms with E-state index in [0.717, 1.165) is 16.3 Å². The van der Waals surface area contributed by atoms with Crippen molar-refractivity contribution in [1.82, 2.24) is 14.3 Å². The number of rotatable bonds is 6. The van der Waals surface area contributed by atoms with E-state index in [0.29, 0.717) is 22.8 Å². The molecule has 1 N–H and O–H groups in total. The molecule has 2 aromatic carbocycles. The Morgan fingerprint density at radius 1 is 1.16 bits per heavy atom. The largest absolute Gasteiger partial charge is 0.320 e. The predicted octanol–water partition coefficient (Wildman–Crippen LogP) is 4.37. The number of hydrogen-bond donors (Lipinski definition) is 1. The molecule has 0 aliphatic rings. The van der Waals surface area contributed by atoms with E-state index in [1.54, 1.807) is 11.7 Å². The molecule has 2 aromatic heterocycles. The van der Waals surface area contributed by atoms with Crippen LogP contribution >= 0.6 is 22.9 Å². The summed E-state index contributed by atoms with van der Waals surface area (Å²) in [6, 6.07) is 17.0. The SMILES string of the molecule is Cc1c(NC(=O)Cc2csc(Cc3cccc(Cl)c3)n2)c(=O)n(-c2ccccc2)n1C. The number of aromatic nitrogens is 3. The maximum Gasteiger partial charge on any atom is 0.295 e. The van der Waals surface area contributed by atoms with Gasteiger partial charge in [0, 0.05) is 23.9 Å². The number of halogens is 1. The van der Waals surface area contributed by atoms with E-state index >= 15 is 0 Å². The summed E-state index contributed by atoms with van der Waals surface area (Å²) in [7, 11) is 1.79. The Morgan fingerprint density at radius 3 is 2.68 bits per heavy atom. The van der Waals surface area contributed by atoms with E-state index < -0.39 is 0 Å². The van der Waals surface area contributed by atoms with Crippen LogP contribution in [0.25, 0.3) is 5.69 Å². The highest BCUT2D eigenvalue weighted by Gasteiger charge is 2.18. The van der Waals surface area contributed by atoms with Crippen molar-refractivity contribution in [1.29, 1.82) is 0 Å². The summed E-state index contributed by atoms with van der Waals surface area (Å²) < 4.78 is 3.27. The van der Waals surface area contributed by atoms with E-state index in [1.165, 1.54) is 16.0 Å². The van der Waals surface area contributed by atoms with Crippen LogP contribution in [-0.2, 0) is 24.7 Å². The topological polar surface area (TPSA) is 68.9 Å². The number of carbonyl (C=O) groups is 1. The lowest BCUT2D eigenvalue weighted by molar-refractivity contribution is -0.115. The van der Waals surface area contributed by atoms with E-state index in [9.17, 15) is 9.59 Å². The molecule has 0 aliphatic heterocycles. The van der Waals surface area contributed by atoms with Crippen LogP contribution in [0.2, 0.25) is 5.02 Å². The fourth-order valence-electron chi connectivity index (χ4n) is 3.39. The summed E-state index contributed by atoms with van der Waals surface area (Å²) >= 11 is 7.55. The molecule has 0 saturated heterocycles. The van der Waals surface area contributed by atoms with Gasteiger partial charge in [0.05, 0.1) is 28.5 Å². The van der Waals surface area contributed by atoms with Crippen molar-refractivity contribution in [2.45, 2.75) is 19.8 Å². The number of benzene rings is 2. The number of hydrogen-bond acceptors (Lipinski definition) is 4. The first kappa shape index (κ1) is 21.1. The third-order valence-electron chi connectivity index (χ3n) is 5.00. The maximum absolute atomic E-state index is 12.9. The molecule has 4 aromatic rings. The van der Waals surface area contributed by atoms with Crippen LogP contribution in [0.5, 0.6) is 0 Å². The summed E-state index contributed by atoms with van der Waals surface area (Å²) in [6.45, 7) is 1.81. The monoisotopic (exact) mass is 452 g/mol. The Labute approximate surface area is 188 Å².